The molecule has 0 aliphatic carbocycles. The van der Waals surface area contributed by atoms with Crippen molar-refractivity contribution >= 4 is 45.0 Å². The zero-order valence-corrected chi connectivity index (χ0v) is 14.2. The third-order valence-corrected chi connectivity index (χ3v) is 4.17. The fourth-order valence-corrected chi connectivity index (χ4v) is 2.99. The number of fused-ring (bicyclic) bond motifs is 2. The van der Waals surface area contributed by atoms with Crippen molar-refractivity contribution < 1.29 is 14.3 Å². The van der Waals surface area contributed by atoms with Crippen LogP contribution in [0.1, 0.15) is 5.56 Å². The highest BCUT2D eigenvalue weighted by atomic mass is 16.4. The number of benzene rings is 2. The normalized spacial score (nSPS) is 10.8. The molecule has 0 unspecified atom stereocenters. The van der Waals surface area contributed by atoms with Crippen molar-refractivity contribution in [2.75, 3.05) is 37.1 Å². The molecule has 0 radical (unpaired) electrons. The first-order chi connectivity index (χ1) is 12.0. The lowest BCUT2D eigenvalue weighted by atomic mass is 10.0. The SMILES string of the molecule is CNc1cc(CC(=O)O)c2oc3c(NC)c(NC)ccc3c(=O)c2c1. The Hall–Kier alpha value is -3.22. The molecule has 7 heteroatoms. The van der Waals surface area contributed by atoms with Gasteiger partial charge in [0.05, 0.1) is 22.9 Å². The third kappa shape index (κ3) is 2.73. The second-order valence-corrected chi connectivity index (χ2v) is 5.63. The molecule has 0 atom stereocenters. The van der Waals surface area contributed by atoms with Crippen LogP contribution in [0, 0.1) is 0 Å². The Labute approximate surface area is 143 Å². The van der Waals surface area contributed by atoms with E-state index in [9.17, 15) is 14.7 Å². The number of carbonyl (C=O) groups is 1. The van der Waals surface area contributed by atoms with Crippen molar-refractivity contribution in [1.29, 1.82) is 0 Å². The van der Waals surface area contributed by atoms with Crippen LogP contribution in [0.5, 0.6) is 0 Å². The van der Waals surface area contributed by atoms with Crippen molar-refractivity contribution in [2.45, 2.75) is 6.42 Å². The molecule has 0 spiro atoms. The fourth-order valence-electron chi connectivity index (χ4n) is 2.99. The van der Waals surface area contributed by atoms with Gasteiger partial charge in [-0.05, 0) is 24.3 Å². The van der Waals surface area contributed by atoms with E-state index in [0.717, 1.165) is 5.69 Å². The Bertz CT molecular complexity index is 1040. The van der Waals surface area contributed by atoms with Crippen molar-refractivity contribution in [2.24, 2.45) is 0 Å². The van der Waals surface area contributed by atoms with Crippen LogP contribution in [-0.2, 0) is 11.2 Å². The van der Waals surface area contributed by atoms with Gasteiger partial charge >= 0.3 is 5.97 Å². The minimum atomic E-state index is -0.991. The first-order valence-electron chi connectivity index (χ1n) is 7.81. The smallest absolute Gasteiger partial charge is 0.307 e. The summed E-state index contributed by atoms with van der Waals surface area (Å²) in [6, 6.07) is 6.87. The van der Waals surface area contributed by atoms with E-state index in [2.05, 4.69) is 16.0 Å². The van der Waals surface area contributed by atoms with Crippen LogP contribution in [-0.4, -0.2) is 32.2 Å². The van der Waals surface area contributed by atoms with Gasteiger partial charge in [0.25, 0.3) is 0 Å². The summed E-state index contributed by atoms with van der Waals surface area (Å²) < 4.78 is 6.03. The van der Waals surface area contributed by atoms with Crippen molar-refractivity contribution in [3.05, 3.63) is 40.1 Å². The number of anilines is 3. The van der Waals surface area contributed by atoms with Crippen LogP contribution in [0.25, 0.3) is 21.9 Å². The number of hydrogen-bond acceptors (Lipinski definition) is 6. The molecule has 7 nitrogen and oxygen atoms in total. The molecule has 2 aromatic carbocycles. The van der Waals surface area contributed by atoms with E-state index in [4.69, 9.17) is 4.42 Å². The fraction of sp³-hybridized carbons (Fsp3) is 0.222. The minimum Gasteiger partial charge on any atom is -0.481 e. The van der Waals surface area contributed by atoms with E-state index < -0.39 is 5.97 Å². The van der Waals surface area contributed by atoms with Gasteiger partial charge in [0.15, 0.2) is 5.58 Å². The second kappa shape index (κ2) is 6.35. The molecular formula is C18H19N3O4. The summed E-state index contributed by atoms with van der Waals surface area (Å²) >= 11 is 0. The summed E-state index contributed by atoms with van der Waals surface area (Å²) in [4.78, 5) is 24.2. The zero-order valence-electron chi connectivity index (χ0n) is 14.2. The Morgan fingerprint density at radius 1 is 1.04 bits per heavy atom. The minimum absolute atomic E-state index is 0.195. The highest BCUT2D eigenvalue weighted by Gasteiger charge is 2.17. The first-order valence-corrected chi connectivity index (χ1v) is 7.81. The third-order valence-electron chi connectivity index (χ3n) is 4.17. The summed E-state index contributed by atoms with van der Waals surface area (Å²) in [5.74, 6) is -0.991. The summed E-state index contributed by atoms with van der Waals surface area (Å²) in [7, 11) is 5.23. The van der Waals surface area contributed by atoms with Crippen LogP contribution in [0.2, 0.25) is 0 Å². The lowest BCUT2D eigenvalue weighted by molar-refractivity contribution is -0.136. The van der Waals surface area contributed by atoms with Gasteiger partial charge in [-0.2, -0.15) is 0 Å². The Kier molecular flexibility index (Phi) is 4.22. The monoisotopic (exact) mass is 341 g/mol. The van der Waals surface area contributed by atoms with Crippen LogP contribution in [0.3, 0.4) is 0 Å². The maximum Gasteiger partial charge on any atom is 0.307 e. The Morgan fingerprint density at radius 3 is 2.40 bits per heavy atom. The lowest BCUT2D eigenvalue weighted by Gasteiger charge is -2.13. The topological polar surface area (TPSA) is 104 Å². The Morgan fingerprint density at radius 2 is 1.80 bits per heavy atom. The van der Waals surface area contributed by atoms with Gasteiger partial charge in [-0.3, -0.25) is 9.59 Å². The van der Waals surface area contributed by atoms with Gasteiger partial charge in [-0.1, -0.05) is 0 Å². The molecule has 0 fully saturated rings. The number of rotatable bonds is 5. The molecule has 0 amide bonds. The molecule has 3 rings (SSSR count). The van der Waals surface area contributed by atoms with Gasteiger partial charge in [0.2, 0.25) is 5.43 Å². The molecule has 4 N–H and O–H groups in total. The molecule has 0 aliphatic rings. The van der Waals surface area contributed by atoms with Gasteiger partial charge in [0, 0.05) is 32.4 Å². The number of carboxylic acids is 1. The Balaban J connectivity index is 2.48. The summed E-state index contributed by atoms with van der Waals surface area (Å²) in [5, 5.41) is 19.0. The first kappa shape index (κ1) is 16.6. The van der Waals surface area contributed by atoms with Crippen LogP contribution in [0.4, 0.5) is 17.1 Å². The molecule has 0 bridgehead atoms. The van der Waals surface area contributed by atoms with Crippen molar-refractivity contribution in [3.8, 4) is 0 Å². The van der Waals surface area contributed by atoms with Gasteiger partial charge in [-0.15, -0.1) is 0 Å². The summed E-state index contributed by atoms with van der Waals surface area (Å²) in [5.41, 5.74) is 3.04. The summed E-state index contributed by atoms with van der Waals surface area (Å²) in [6.07, 6.45) is -0.235. The van der Waals surface area contributed by atoms with Crippen LogP contribution in [0.15, 0.2) is 33.5 Å². The van der Waals surface area contributed by atoms with Crippen LogP contribution >= 0.6 is 0 Å². The van der Waals surface area contributed by atoms with Gasteiger partial charge < -0.3 is 25.5 Å². The number of carboxylic acid groups (broad SMARTS) is 1. The molecule has 1 aromatic heterocycles. The molecule has 0 saturated carbocycles. The van der Waals surface area contributed by atoms with E-state index in [1.165, 1.54) is 0 Å². The number of nitrogens with one attached hydrogen (secondary N) is 3. The van der Waals surface area contributed by atoms with Crippen molar-refractivity contribution in [3.63, 3.8) is 0 Å². The average molecular weight is 341 g/mol. The van der Waals surface area contributed by atoms with E-state index in [1.54, 1.807) is 45.4 Å². The predicted octanol–water partition coefficient (Wildman–Crippen LogP) is 2.70. The van der Waals surface area contributed by atoms with E-state index >= 15 is 0 Å². The van der Waals surface area contributed by atoms with E-state index in [-0.39, 0.29) is 11.8 Å². The molecule has 0 aliphatic heterocycles. The zero-order chi connectivity index (χ0) is 18.1. The summed E-state index contributed by atoms with van der Waals surface area (Å²) in [6.45, 7) is 0. The van der Waals surface area contributed by atoms with Crippen molar-refractivity contribution in [1.82, 2.24) is 0 Å². The molecular weight excluding hydrogens is 322 g/mol. The second-order valence-electron chi connectivity index (χ2n) is 5.63. The molecule has 25 heavy (non-hydrogen) atoms. The largest absolute Gasteiger partial charge is 0.481 e. The number of aliphatic carboxylic acids is 1. The molecule has 0 saturated heterocycles. The predicted molar refractivity (Wildman–Crippen MR) is 100.0 cm³/mol. The standard InChI is InChI=1S/C18H19N3O4/c1-19-10-6-9(7-14(22)23)17-12(8-10)16(24)11-4-5-13(20-2)15(21-3)18(11)25-17/h4-6,8,19-21H,7H2,1-3H3,(H,22,23). The van der Waals surface area contributed by atoms with Gasteiger partial charge in [0.1, 0.15) is 11.3 Å². The highest BCUT2D eigenvalue weighted by molar-refractivity contribution is 6.01. The van der Waals surface area contributed by atoms with Gasteiger partial charge in [-0.25, -0.2) is 0 Å². The van der Waals surface area contributed by atoms with Crippen LogP contribution < -0.4 is 21.4 Å². The maximum atomic E-state index is 13.0. The number of hydrogen-bond donors (Lipinski definition) is 4. The maximum absolute atomic E-state index is 13.0. The average Bonchev–Trinajstić information content (AvgIpc) is 2.60. The lowest BCUT2D eigenvalue weighted by Crippen LogP contribution is -2.09. The molecule has 3 aromatic rings. The molecule has 1 heterocycles. The van der Waals surface area contributed by atoms with E-state index in [0.29, 0.717) is 38.9 Å². The molecule has 130 valence electrons. The van der Waals surface area contributed by atoms with E-state index in [1.807, 2.05) is 0 Å². The quantitative estimate of drug-likeness (QED) is 0.529. The highest BCUT2D eigenvalue weighted by Crippen LogP contribution is 2.33.